The smallest absolute Gasteiger partial charge is 0.257 e. The van der Waals surface area contributed by atoms with Gasteiger partial charge in [0.05, 0.1) is 0 Å². The number of halogens is 1. The van der Waals surface area contributed by atoms with Crippen LogP contribution in [0.5, 0.6) is 5.75 Å². The molecule has 0 bridgehead atoms. The van der Waals surface area contributed by atoms with Crippen LogP contribution in [-0.2, 0) is 9.53 Å². The molecular formula is C24H25FN2O4. The Morgan fingerprint density at radius 3 is 2.48 bits per heavy atom. The van der Waals surface area contributed by atoms with Crippen LogP contribution in [0.15, 0.2) is 52.9 Å². The molecular weight excluding hydrogens is 399 g/mol. The molecule has 0 spiro atoms. The Kier molecular flexibility index (Phi) is 6.62. The number of nitrogens with zero attached hydrogens (tertiary/aromatic N) is 1. The van der Waals surface area contributed by atoms with E-state index in [1.54, 1.807) is 24.3 Å². The van der Waals surface area contributed by atoms with Crippen molar-refractivity contribution in [3.63, 3.8) is 0 Å². The second kappa shape index (κ2) is 9.75. The van der Waals surface area contributed by atoms with Gasteiger partial charge >= 0.3 is 0 Å². The fraction of sp³-hybridized carbons (Fsp3) is 0.333. The van der Waals surface area contributed by atoms with Crippen molar-refractivity contribution in [3.05, 3.63) is 60.1 Å². The summed E-state index contributed by atoms with van der Waals surface area (Å²) in [6, 6.07) is 13.4. The van der Waals surface area contributed by atoms with Crippen LogP contribution in [0.3, 0.4) is 0 Å². The molecule has 0 unspecified atom stereocenters. The van der Waals surface area contributed by atoms with E-state index in [9.17, 15) is 9.18 Å². The van der Waals surface area contributed by atoms with Crippen molar-refractivity contribution in [2.75, 3.05) is 26.4 Å². The summed E-state index contributed by atoms with van der Waals surface area (Å²) < 4.78 is 29.8. The largest absolute Gasteiger partial charge is 0.484 e. The van der Waals surface area contributed by atoms with Gasteiger partial charge in [-0.2, -0.15) is 0 Å². The van der Waals surface area contributed by atoms with E-state index in [1.807, 2.05) is 19.1 Å². The zero-order chi connectivity index (χ0) is 21.6. The summed E-state index contributed by atoms with van der Waals surface area (Å²) in [5.74, 6) is 1.74. The van der Waals surface area contributed by atoms with Crippen LogP contribution in [-0.4, -0.2) is 37.3 Å². The number of carbonyl (C=O) groups excluding carboxylic acids is 1. The maximum Gasteiger partial charge on any atom is 0.257 e. The van der Waals surface area contributed by atoms with Gasteiger partial charge < -0.3 is 19.2 Å². The number of rotatable bonds is 7. The molecule has 0 aliphatic carbocycles. The van der Waals surface area contributed by atoms with Gasteiger partial charge in [0.2, 0.25) is 5.89 Å². The van der Waals surface area contributed by atoms with Gasteiger partial charge in [-0.1, -0.05) is 0 Å². The number of ether oxygens (including phenoxy) is 2. The number of oxazole rings is 1. The molecule has 7 heteroatoms. The van der Waals surface area contributed by atoms with Gasteiger partial charge in [0.1, 0.15) is 23.0 Å². The molecule has 3 aromatic rings. The molecule has 4 rings (SSSR count). The SMILES string of the molecule is Cc1oc(-c2ccc(F)cc2)nc1-c1ccc(OCC(=O)NCC2CCOCC2)cc1. The highest BCUT2D eigenvalue weighted by Crippen LogP contribution is 2.29. The van der Waals surface area contributed by atoms with E-state index in [4.69, 9.17) is 13.9 Å². The predicted molar refractivity (Wildman–Crippen MR) is 114 cm³/mol. The lowest BCUT2D eigenvalue weighted by Gasteiger charge is -2.22. The number of benzene rings is 2. The summed E-state index contributed by atoms with van der Waals surface area (Å²) in [5, 5.41) is 2.92. The molecule has 1 amide bonds. The minimum Gasteiger partial charge on any atom is -0.484 e. The van der Waals surface area contributed by atoms with Gasteiger partial charge in [0.25, 0.3) is 5.91 Å². The Balaban J connectivity index is 1.33. The van der Waals surface area contributed by atoms with Crippen LogP contribution in [0.2, 0.25) is 0 Å². The summed E-state index contributed by atoms with van der Waals surface area (Å²) in [6.07, 6.45) is 1.96. The fourth-order valence-electron chi connectivity index (χ4n) is 3.50. The molecule has 2 heterocycles. The van der Waals surface area contributed by atoms with Crippen molar-refractivity contribution in [1.29, 1.82) is 0 Å². The molecule has 1 fully saturated rings. The number of hydrogen-bond donors (Lipinski definition) is 1. The molecule has 31 heavy (non-hydrogen) atoms. The zero-order valence-electron chi connectivity index (χ0n) is 17.4. The summed E-state index contributed by atoms with van der Waals surface area (Å²) in [6.45, 7) is 3.99. The summed E-state index contributed by atoms with van der Waals surface area (Å²) in [7, 11) is 0. The third-order valence-electron chi connectivity index (χ3n) is 5.31. The van der Waals surface area contributed by atoms with Gasteiger partial charge in [-0.25, -0.2) is 9.37 Å². The quantitative estimate of drug-likeness (QED) is 0.609. The van der Waals surface area contributed by atoms with E-state index in [1.165, 1.54) is 12.1 Å². The van der Waals surface area contributed by atoms with Crippen LogP contribution in [0.1, 0.15) is 18.6 Å². The lowest BCUT2D eigenvalue weighted by atomic mass is 10.0. The Morgan fingerprint density at radius 1 is 1.10 bits per heavy atom. The molecule has 1 aliphatic heterocycles. The zero-order valence-corrected chi connectivity index (χ0v) is 17.4. The average Bonchev–Trinajstić information content (AvgIpc) is 3.19. The van der Waals surface area contributed by atoms with Crippen LogP contribution in [0, 0.1) is 18.7 Å². The highest BCUT2D eigenvalue weighted by Gasteiger charge is 2.15. The van der Waals surface area contributed by atoms with E-state index >= 15 is 0 Å². The molecule has 0 radical (unpaired) electrons. The van der Waals surface area contributed by atoms with Gasteiger partial charge in [0, 0.05) is 30.9 Å². The number of amides is 1. The number of aromatic nitrogens is 1. The number of aryl methyl sites for hydroxylation is 1. The highest BCUT2D eigenvalue weighted by molar-refractivity contribution is 5.77. The lowest BCUT2D eigenvalue weighted by molar-refractivity contribution is -0.123. The van der Waals surface area contributed by atoms with E-state index in [0.29, 0.717) is 41.1 Å². The Hall–Kier alpha value is -3.19. The molecule has 0 atom stereocenters. The normalized spacial score (nSPS) is 14.4. The Morgan fingerprint density at radius 2 is 1.77 bits per heavy atom. The first-order chi connectivity index (χ1) is 15.1. The topological polar surface area (TPSA) is 73.6 Å². The van der Waals surface area contributed by atoms with Crippen molar-refractivity contribution in [2.24, 2.45) is 5.92 Å². The van der Waals surface area contributed by atoms with Crippen LogP contribution in [0.4, 0.5) is 4.39 Å². The van der Waals surface area contributed by atoms with Crippen molar-refractivity contribution in [3.8, 4) is 28.5 Å². The Bertz CT molecular complexity index is 1010. The summed E-state index contributed by atoms with van der Waals surface area (Å²) in [5.41, 5.74) is 2.29. The maximum absolute atomic E-state index is 13.1. The van der Waals surface area contributed by atoms with E-state index in [-0.39, 0.29) is 18.3 Å². The number of nitrogens with one attached hydrogen (secondary N) is 1. The standard InChI is InChI=1S/C24H25FN2O4/c1-16-23(27-24(31-16)19-2-6-20(25)7-3-19)18-4-8-21(9-5-18)30-15-22(28)26-14-17-10-12-29-13-11-17/h2-9,17H,10-15H2,1H3,(H,26,28). The molecule has 0 saturated carbocycles. The number of hydrogen-bond acceptors (Lipinski definition) is 5. The number of carbonyl (C=O) groups is 1. The third-order valence-corrected chi connectivity index (χ3v) is 5.31. The first-order valence-electron chi connectivity index (χ1n) is 10.4. The van der Waals surface area contributed by atoms with Gasteiger partial charge in [-0.3, -0.25) is 4.79 Å². The van der Waals surface area contributed by atoms with Gasteiger partial charge in [-0.05, 0) is 74.2 Å². The van der Waals surface area contributed by atoms with Crippen LogP contribution < -0.4 is 10.1 Å². The van der Waals surface area contributed by atoms with Gasteiger partial charge in [-0.15, -0.1) is 0 Å². The van der Waals surface area contributed by atoms with E-state index in [0.717, 1.165) is 31.6 Å². The average molecular weight is 424 g/mol. The van der Waals surface area contributed by atoms with Crippen molar-refractivity contribution in [2.45, 2.75) is 19.8 Å². The predicted octanol–water partition coefficient (Wildman–Crippen LogP) is 4.38. The van der Waals surface area contributed by atoms with E-state index < -0.39 is 0 Å². The first kappa shape index (κ1) is 21.1. The maximum atomic E-state index is 13.1. The van der Waals surface area contributed by atoms with Crippen LogP contribution in [0.25, 0.3) is 22.7 Å². The molecule has 162 valence electrons. The van der Waals surface area contributed by atoms with Crippen LogP contribution >= 0.6 is 0 Å². The minimum atomic E-state index is -0.305. The molecule has 6 nitrogen and oxygen atoms in total. The minimum absolute atomic E-state index is 0.0275. The van der Waals surface area contributed by atoms with Crippen molar-refractivity contribution in [1.82, 2.24) is 10.3 Å². The molecule has 2 aromatic carbocycles. The third kappa shape index (κ3) is 5.49. The lowest BCUT2D eigenvalue weighted by Crippen LogP contribution is -2.35. The van der Waals surface area contributed by atoms with Crippen molar-refractivity contribution < 1.29 is 23.1 Å². The van der Waals surface area contributed by atoms with Crippen molar-refractivity contribution >= 4 is 5.91 Å². The second-order valence-corrected chi connectivity index (χ2v) is 7.60. The van der Waals surface area contributed by atoms with E-state index in [2.05, 4.69) is 10.3 Å². The fourth-order valence-corrected chi connectivity index (χ4v) is 3.50. The first-order valence-corrected chi connectivity index (χ1v) is 10.4. The molecule has 1 N–H and O–H groups in total. The monoisotopic (exact) mass is 424 g/mol. The van der Waals surface area contributed by atoms with Gasteiger partial charge in [0.15, 0.2) is 6.61 Å². The molecule has 1 aromatic heterocycles. The highest BCUT2D eigenvalue weighted by atomic mass is 19.1. The second-order valence-electron chi connectivity index (χ2n) is 7.60. The summed E-state index contributed by atoms with van der Waals surface area (Å²) >= 11 is 0. The Labute approximate surface area is 180 Å². The molecule has 1 saturated heterocycles. The molecule has 1 aliphatic rings. The summed E-state index contributed by atoms with van der Waals surface area (Å²) in [4.78, 5) is 16.6.